The second kappa shape index (κ2) is 4.78. The maximum Gasteiger partial charge on any atom is 0.170 e. The van der Waals surface area contributed by atoms with Crippen molar-refractivity contribution in [3.8, 4) is 0 Å². The number of carbonyl (C=O) groups excluding carboxylic acids is 1. The summed E-state index contributed by atoms with van der Waals surface area (Å²) in [4.78, 5) is 19.1. The number of hydrogen-bond donors (Lipinski definition) is 0. The monoisotopic (exact) mass is 234 g/mol. The molecule has 1 heterocycles. The lowest BCUT2D eigenvalue weighted by molar-refractivity contribution is 0.0992. The van der Waals surface area contributed by atoms with Crippen molar-refractivity contribution in [1.29, 1.82) is 0 Å². The number of rotatable bonds is 3. The molecule has 0 radical (unpaired) electrons. The van der Waals surface area contributed by atoms with Crippen molar-refractivity contribution < 1.29 is 13.6 Å². The van der Waals surface area contributed by atoms with Crippen LogP contribution in [0.5, 0.6) is 0 Å². The van der Waals surface area contributed by atoms with Gasteiger partial charge in [0.05, 0.1) is 5.56 Å². The summed E-state index contributed by atoms with van der Waals surface area (Å²) in [6.07, 6.45) is 4.07. The highest BCUT2D eigenvalue weighted by atomic mass is 19.2. The minimum atomic E-state index is -0.959. The lowest BCUT2D eigenvalue weighted by Crippen LogP contribution is -2.05. The van der Waals surface area contributed by atoms with Crippen LogP contribution in [-0.2, 0) is 6.42 Å². The molecule has 0 amide bonds. The summed E-state index contributed by atoms with van der Waals surface area (Å²) in [5, 5.41) is 0. The minimum Gasteiger partial charge on any atom is -0.294 e. The largest absolute Gasteiger partial charge is 0.294 e. The smallest absolute Gasteiger partial charge is 0.170 e. The van der Waals surface area contributed by atoms with E-state index in [9.17, 15) is 13.6 Å². The van der Waals surface area contributed by atoms with E-state index in [0.29, 0.717) is 11.1 Å². The number of hydrogen-bond acceptors (Lipinski definition) is 3. The van der Waals surface area contributed by atoms with Crippen molar-refractivity contribution in [2.75, 3.05) is 0 Å². The van der Waals surface area contributed by atoms with Crippen LogP contribution in [0.3, 0.4) is 0 Å². The molecular weight excluding hydrogens is 226 g/mol. The fraction of sp³-hybridized carbons (Fsp3) is 0.0833. The van der Waals surface area contributed by atoms with Gasteiger partial charge in [-0.05, 0) is 17.7 Å². The van der Waals surface area contributed by atoms with Crippen molar-refractivity contribution in [1.82, 2.24) is 9.97 Å². The summed E-state index contributed by atoms with van der Waals surface area (Å²) in [7, 11) is 0. The van der Waals surface area contributed by atoms with Gasteiger partial charge in [-0.3, -0.25) is 4.79 Å². The molecule has 0 aliphatic carbocycles. The lowest BCUT2D eigenvalue weighted by Gasteiger charge is -2.01. The second-order valence-electron chi connectivity index (χ2n) is 3.48. The highest BCUT2D eigenvalue weighted by molar-refractivity contribution is 5.96. The van der Waals surface area contributed by atoms with E-state index in [1.807, 2.05) is 0 Å². The molecule has 0 fully saturated rings. The van der Waals surface area contributed by atoms with Crippen molar-refractivity contribution >= 4 is 5.78 Å². The zero-order chi connectivity index (χ0) is 12.3. The van der Waals surface area contributed by atoms with Gasteiger partial charge in [0.1, 0.15) is 6.33 Å². The van der Waals surface area contributed by atoms with E-state index in [2.05, 4.69) is 9.97 Å². The third-order valence-corrected chi connectivity index (χ3v) is 2.23. The molecule has 0 bridgehead atoms. The number of benzene rings is 1. The molecule has 17 heavy (non-hydrogen) atoms. The van der Waals surface area contributed by atoms with E-state index < -0.39 is 11.6 Å². The molecule has 3 nitrogen and oxygen atoms in total. The number of aromatic nitrogens is 2. The number of nitrogens with zero attached hydrogens (tertiary/aromatic N) is 2. The molecule has 0 N–H and O–H groups in total. The van der Waals surface area contributed by atoms with Crippen LogP contribution in [0, 0.1) is 11.6 Å². The van der Waals surface area contributed by atoms with Gasteiger partial charge in [0.2, 0.25) is 0 Å². The Balaban J connectivity index is 2.16. The van der Waals surface area contributed by atoms with E-state index >= 15 is 0 Å². The average molecular weight is 234 g/mol. The molecule has 1 aromatic carbocycles. The molecule has 0 spiro atoms. The van der Waals surface area contributed by atoms with Gasteiger partial charge in [-0.15, -0.1) is 0 Å². The van der Waals surface area contributed by atoms with Crippen LogP contribution in [0.4, 0.5) is 8.78 Å². The molecule has 5 heteroatoms. The maximum absolute atomic E-state index is 12.9. The number of carbonyl (C=O) groups is 1. The molecule has 0 aliphatic heterocycles. The highest BCUT2D eigenvalue weighted by Crippen LogP contribution is 2.11. The molecule has 0 unspecified atom stereocenters. The van der Waals surface area contributed by atoms with E-state index in [-0.39, 0.29) is 12.2 Å². The van der Waals surface area contributed by atoms with Gasteiger partial charge in [-0.1, -0.05) is 6.07 Å². The minimum absolute atomic E-state index is 0.00935. The topological polar surface area (TPSA) is 42.9 Å². The van der Waals surface area contributed by atoms with Crippen molar-refractivity contribution in [3.05, 3.63) is 59.7 Å². The zero-order valence-corrected chi connectivity index (χ0v) is 8.73. The Morgan fingerprint density at radius 1 is 1.12 bits per heavy atom. The molecular formula is C12H8F2N2O. The molecule has 1 aromatic heterocycles. The van der Waals surface area contributed by atoms with Crippen molar-refractivity contribution in [2.24, 2.45) is 0 Å². The summed E-state index contributed by atoms with van der Waals surface area (Å²) in [5.74, 6) is -2.12. The lowest BCUT2D eigenvalue weighted by atomic mass is 10.1. The highest BCUT2D eigenvalue weighted by Gasteiger charge is 2.09. The van der Waals surface area contributed by atoms with Crippen LogP contribution in [0.1, 0.15) is 15.9 Å². The van der Waals surface area contributed by atoms with E-state index in [0.717, 1.165) is 12.1 Å². The Labute approximate surface area is 96.2 Å². The predicted octanol–water partition coefficient (Wildman–Crippen LogP) is 2.18. The molecule has 86 valence electrons. The fourth-order valence-corrected chi connectivity index (χ4v) is 1.38. The maximum atomic E-state index is 12.9. The fourth-order valence-electron chi connectivity index (χ4n) is 1.38. The quantitative estimate of drug-likeness (QED) is 0.764. The summed E-state index contributed by atoms with van der Waals surface area (Å²) in [6, 6.07) is 3.39. The van der Waals surface area contributed by atoms with Gasteiger partial charge >= 0.3 is 0 Å². The van der Waals surface area contributed by atoms with Crippen LogP contribution in [0.2, 0.25) is 0 Å². The molecule has 2 aromatic rings. The number of Topliss-reactive ketones (excluding diaryl/α,β-unsaturated/α-hetero) is 1. The Morgan fingerprint density at radius 3 is 2.47 bits per heavy atom. The summed E-state index contributed by atoms with van der Waals surface area (Å²) in [5.41, 5.74) is 0.759. The Morgan fingerprint density at radius 2 is 1.82 bits per heavy atom. The van der Waals surface area contributed by atoms with E-state index in [1.165, 1.54) is 24.8 Å². The van der Waals surface area contributed by atoms with Gasteiger partial charge in [0, 0.05) is 18.8 Å². The molecule has 0 saturated heterocycles. The Hall–Kier alpha value is -2.17. The van der Waals surface area contributed by atoms with Gasteiger partial charge in [-0.2, -0.15) is 0 Å². The zero-order valence-electron chi connectivity index (χ0n) is 8.73. The molecule has 0 aliphatic rings. The third-order valence-electron chi connectivity index (χ3n) is 2.23. The van der Waals surface area contributed by atoms with Gasteiger partial charge in [0.25, 0.3) is 0 Å². The average Bonchev–Trinajstić information content (AvgIpc) is 2.35. The third kappa shape index (κ3) is 2.69. The summed E-state index contributed by atoms with van der Waals surface area (Å²) < 4.78 is 25.6. The van der Waals surface area contributed by atoms with E-state index in [1.54, 1.807) is 0 Å². The first kappa shape index (κ1) is 11.3. The van der Waals surface area contributed by atoms with Crippen molar-refractivity contribution in [2.45, 2.75) is 6.42 Å². The van der Waals surface area contributed by atoms with Crippen LogP contribution >= 0.6 is 0 Å². The summed E-state index contributed by atoms with van der Waals surface area (Å²) in [6.45, 7) is 0. The van der Waals surface area contributed by atoms with E-state index in [4.69, 9.17) is 0 Å². The van der Waals surface area contributed by atoms with Crippen LogP contribution in [0.15, 0.2) is 36.9 Å². The first-order valence-electron chi connectivity index (χ1n) is 4.89. The standard InChI is InChI=1S/C12H8F2N2O/c13-10-2-1-8(3-11(10)14)4-12(17)9-5-15-7-16-6-9/h1-3,5-7H,4H2. The molecule has 2 rings (SSSR count). The van der Waals surface area contributed by atoms with Gasteiger partial charge < -0.3 is 0 Å². The van der Waals surface area contributed by atoms with Crippen molar-refractivity contribution in [3.63, 3.8) is 0 Å². The first-order valence-corrected chi connectivity index (χ1v) is 4.89. The predicted molar refractivity (Wildman–Crippen MR) is 56.4 cm³/mol. The normalized spacial score (nSPS) is 10.2. The summed E-state index contributed by atoms with van der Waals surface area (Å²) >= 11 is 0. The second-order valence-corrected chi connectivity index (χ2v) is 3.48. The SMILES string of the molecule is O=C(Cc1ccc(F)c(F)c1)c1cncnc1. The van der Waals surface area contributed by atoms with Crippen LogP contribution in [-0.4, -0.2) is 15.8 Å². The van der Waals surface area contributed by atoms with Crippen LogP contribution < -0.4 is 0 Å². The Kier molecular flexibility index (Phi) is 3.18. The number of ketones is 1. The first-order chi connectivity index (χ1) is 8.16. The van der Waals surface area contributed by atoms with Crippen LogP contribution in [0.25, 0.3) is 0 Å². The van der Waals surface area contributed by atoms with Gasteiger partial charge in [0.15, 0.2) is 17.4 Å². The number of halogens is 2. The Bertz CT molecular complexity index is 543. The molecule has 0 atom stereocenters. The van der Waals surface area contributed by atoms with Gasteiger partial charge in [-0.25, -0.2) is 18.7 Å². The molecule has 0 saturated carbocycles.